The van der Waals surface area contributed by atoms with Gasteiger partial charge >= 0.3 is 17.9 Å². The van der Waals surface area contributed by atoms with E-state index in [1.807, 2.05) is 0 Å². The quantitative estimate of drug-likeness (QED) is 0.0345. The van der Waals surface area contributed by atoms with Gasteiger partial charge in [-0.2, -0.15) is 0 Å². The van der Waals surface area contributed by atoms with E-state index in [4.69, 9.17) is 14.2 Å². The summed E-state index contributed by atoms with van der Waals surface area (Å²) in [4.78, 5) is 37.9. The van der Waals surface area contributed by atoms with Crippen LogP contribution in [-0.4, -0.2) is 37.2 Å². The second-order valence-electron chi connectivity index (χ2n) is 19.0. The normalized spacial score (nSPS) is 11.9. The molecule has 0 aromatic carbocycles. The molecule has 356 valence electrons. The second-order valence-corrected chi connectivity index (χ2v) is 19.0. The molecule has 0 N–H and O–H groups in total. The van der Waals surface area contributed by atoms with Gasteiger partial charge in [-0.15, -0.1) is 0 Å². The Kier molecular flexibility index (Phi) is 47.2. The third-order valence-corrected chi connectivity index (χ3v) is 12.3. The summed E-state index contributed by atoms with van der Waals surface area (Å²) >= 11 is 0. The molecule has 0 amide bonds. The fourth-order valence-corrected chi connectivity index (χ4v) is 8.22. The Labute approximate surface area is 374 Å². The molecule has 0 rings (SSSR count). The van der Waals surface area contributed by atoms with E-state index in [2.05, 4.69) is 27.7 Å². The van der Waals surface area contributed by atoms with Crippen molar-refractivity contribution in [1.29, 1.82) is 0 Å². The topological polar surface area (TPSA) is 78.9 Å². The first-order chi connectivity index (χ1) is 29.4. The van der Waals surface area contributed by atoms with Gasteiger partial charge in [0.1, 0.15) is 13.2 Å². The van der Waals surface area contributed by atoms with E-state index in [9.17, 15) is 14.4 Å². The fourth-order valence-electron chi connectivity index (χ4n) is 8.22. The van der Waals surface area contributed by atoms with Crippen LogP contribution in [0.4, 0.5) is 0 Å². The molecule has 0 aromatic heterocycles. The number of esters is 3. The molecule has 0 bridgehead atoms. The van der Waals surface area contributed by atoms with Crippen LogP contribution in [0.1, 0.15) is 304 Å². The van der Waals surface area contributed by atoms with E-state index in [1.54, 1.807) is 0 Å². The summed E-state index contributed by atoms with van der Waals surface area (Å²) < 4.78 is 16.8. The fraction of sp³-hybridized carbons (Fsp3) is 0.944. The Morgan fingerprint density at radius 2 is 0.550 bits per heavy atom. The van der Waals surface area contributed by atoms with E-state index in [0.29, 0.717) is 19.3 Å². The van der Waals surface area contributed by atoms with Gasteiger partial charge in [-0.1, -0.05) is 265 Å². The lowest BCUT2D eigenvalue weighted by molar-refractivity contribution is -0.167. The van der Waals surface area contributed by atoms with Crippen LogP contribution in [-0.2, 0) is 28.6 Å². The molecule has 6 heteroatoms. The van der Waals surface area contributed by atoms with Crippen molar-refractivity contribution in [3.8, 4) is 0 Å². The molecule has 0 unspecified atom stereocenters. The van der Waals surface area contributed by atoms with Gasteiger partial charge in [-0.25, -0.2) is 0 Å². The number of carbonyl (C=O) groups is 3. The third-order valence-electron chi connectivity index (χ3n) is 12.3. The molecule has 6 nitrogen and oxygen atoms in total. The van der Waals surface area contributed by atoms with E-state index >= 15 is 0 Å². The molecule has 0 fully saturated rings. The molecule has 0 spiro atoms. The van der Waals surface area contributed by atoms with Crippen LogP contribution in [0, 0.1) is 5.92 Å². The third kappa shape index (κ3) is 47.5. The Morgan fingerprint density at radius 1 is 0.317 bits per heavy atom. The zero-order chi connectivity index (χ0) is 43.8. The molecule has 0 saturated carbocycles. The summed E-state index contributed by atoms with van der Waals surface area (Å²) in [5.41, 5.74) is 0. The summed E-state index contributed by atoms with van der Waals surface area (Å²) in [7, 11) is 0. The lowest BCUT2D eigenvalue weighted by atomic mass is 10.0. The van der Waals surface area contributed by atoms with Crippen molar-refractivity contribution in [2.45, 2.75) is 310 Å². The van der Waals surface area contributed by atoms with Gasteiger partial charge in [-0.3, -0.25) is 14.4 Å². The van der Waals surface area contributed by atoms with E-state index in [1.165, 1.54) is 199 Å². The van der Waals surface area contributed by atoms with Gasteiger partial charge in [0.2, 0.25) is 0 Å². The Morgan fingerprint density at radius 3 is 0.817 bits per heavy atom. The Balaban J connectivity index is 4.19. The maximum absolute atomic E-state index is 12.7. The van der Waals surface area contributed by atoms with Gasteiger partial charge in [0.25, 0.3) is 0 Å². The average Bonchev–Trinajstić information content (AvgIpc) is 3.23. The van der Waals surface area contributed by atoms with Crippen molar-refractivity contribution in [3.05, 3.63) is 0 Å². The van der Waals surface area contributed by atoms with Crippen molar-refractivity contribution >= 4 is 17.9 Å². The van der Waals surface area contributed by atoms with E-state index < -0.39 is 6.10 Å². The smallest absolute Gasteiger partial charge is 0.306 e. The average molecular weight is 849 g/mol. The van der Waals surface area contributed by atoms with Crippen LogP contribution in [0.3, 0.4) is 0 Å². The molecule has 0 aromatic rings. The first kappa shape index (κ1) is 58.4. The van der Waals surface area contributed by atoms with Crippen molar-refractivity contribution in [3.63, 3.8) is 0 Å². The van der Waals surface area contributed by atoms with Crippen LogP contribution in [0.5, 0.6) is 0 Å². The minimum atomic E-state index is -0.761. The zero-order valence-electron chi connectivity index (χ0n) is 40.9. The van der Waals surface area contributed by atoms with Gasteiger partial charge < -0.3 is 14.2 Å². The van der Waals surface area contributed by atoms with Crippen LogP contribution in [0.15, 0.2) is 0 Å². The highest BCUT2D eigenvalue weighted by Gasteiger charge is 2.19. The van der Waals surface area contributed by atoms with Gasteiger partial charge in [0, 0.05) is 19.3 Å². The van der Waals surface area contributed by atoms with Crippen LogP contribution >= 0.6 is 0 Å². The standard InChI is InChI=1S/C54H104O6/c1-5-7-9-11-13-15-17-19-21-22-23-24-25-27-29-31-33-38-42-46-53(56)59-49-51(60-54(57)47-43-39-35-34-36-40-44-50(3)4)48-58-52(55)45-41-37-32-30-28-26-20-18-16-14-12-10-8-6-2/h50-51H,5-49H2,1-4H3/t51-/m0/s1. The minimum Gasteiger partial charge on any atom is -0.462 e. The van der Waals surface area contributed by atoms with Crippen molar-refractivity contribution in [2.24, 2.45) is 5.92 Å². The monoisotopic (exact) mass is 849 g/mol. The zero-order valence-corrected chi connectivity index (χ0v) is 40.9. The van der Waals surface area contributed by atoms with Crippen LogP contribution in [0.2, 0.25) is 0 Å². The molecule has 0 aliphatic rings. The summed E-state index contributed by atoms with van der Waals surface area (Å²) in [6.07, 6.45) is 51.1. The van der Waals surface area contributed by atoms with Crippen LogP contribution in [0.25, 0.3) is 0 Å². The van der Waals surface area contributed by atoms with Crippen LogP contribution < -0.4 is 0 Å². The van der Waals surface area contributed by atoms with Crippen molar-refractivity contribution in [1.82, 2.24) is 0 Å². The highest BCUT2D eigenvalue weighted by molar-refractivity contribution is 5.71. The SMILES string of the molecule is CCCCCCCCCCCCCCCCCCCCCC(=O)OC[C@H](COC(=O)CCCCCCCCCCCCCCCC)OC(=O)CCCCCCCCC(C)C. The summed E-state index contributed by atoms with van der Waals surface area (Å²) in [6.45, 7) is 8.97. The lowest BCUT2D eigenvalue weighted by Crippen LogP contribution is -2.30. The number of hydrogen-bond donors (Lipinski definition) is 0. The molecule has 1 atom stereocenters. The van der Waals surface area contributed by atoms with E-state index in [0.717, 1.165) is 63.7 Å². The lowest BCUT2D eigenvalue weighted by Gasteiger charge is -2.18. The second kappa shape index (κ2) is 48.4. The maximum atomic E-state index is 12.7. The first-order valence-electron chi connectivity index (χ1n) is 26.9. The number of unbranched alkanes of at least 4 members (excludes halogenated alkanes) is 36. The predicted molar refractivity (Wildman–Crippen MR) is 257 cm³/mol. The molecular formula is C54H104O6. The number of carbonyl (C=O) groups excluding carboxylic acids is 3. The number of hydrogen-bond acceptors (Lipinski definition) is 6. The summed E-state index contributed by atoms with van der Waals surface area (Å²) in [5, 5.41) is 0. The van der Waals surface area contributed by atoms with Gasteiger partial charge in [0.15, 0.2) is 6.10 Å². The molecular weight excluding hydrogens is 745 g/mol. The highest BCUT2D eigenvalue weighted by atomic mass is 16.6. The Bertz CT molecular complexity index is 903. The highest BCUT2D eigenvalue weighted by Crippen LogP contribution is 2.17. The van der Waals surface area contributed by atoms with Gasteiger partial charge in [0.05, 0.1) is 0 Å². The van der Waals surface area contributed by atoms with E-state index in [-0.39, 0.29) is 31.1 Å². The van der Waals surface area contributed by atoms with Gasteiger partial charge in [-0.05, 0) is 25.2 Å². The molecule has 0 aliphatic heterocycles. The number of rotatable bonds is 49. The first-order valence-corrected chi connectivity index (χ1v) is 26.9. The minimum absolute atomic E-state index is 0.0638. The maximum Gasteiger partial charge on any atom is 0.306 e. The molecule has 60 heavy (non-hydrogen) atoms. The molecule has 0 aliphatic carbocycles. The largest absolute Gasteiger partial charge is 0.462 e. The number of ether oxygens (including phenoxy) is 3. The van der Waals surface area contributed by atoms with Crippen molar-refractivity contribution < 1.29 is 28.6 Å². The predicted octanol–water partition coefficient (Wildman–Crippen LogP) is 17.5. The molecule has 0 heterocycles. The molecule has 0 radical (unpaired) electrons. The summed E-state index contributed by atoms with van der Waals surface area (Å²) in [5.74, 6) is -0.0893. The summed E-state index contributed by atoms with van der Waals surface area (Å²) in [6, 6.07) is 0. The molecule has 0 saturated heterocycles. The van der Waals surface area contributed by atoms with Crippen molar-refractivity contribution in [2.75, 3.05) is 13.2 Å². The Hall–Kier alpha value is -1.59.